The summed E-state index contributed by atoms with van der Waals surface area (Å²) >= 11 is 0. The third kappa shape index (κ3) is 10.1. The van der Waals surface area contributed by atoms with E-state index >= 15 is 0 Å². The number of amides is 2. The van der Waals surface area contributed by atoms with Gasteiger partial charge in [0, 0.05) is 55.2 Å². The number of nitrogens with two attached hydrogens (primary N) is 1. The highest BCUT2D eigenvalue weighted by molar-refractivity contribution is 7.91. The van der Waals surface area contributed by atoms with Gasteiger partial charge in [-0.15, -0.1) is 0 Å². The normalized spacial score (nSPS) is 14.3. The molecule has 0 atom stereocenters. The van der Waals surface area contributed by atoms with E-state index in [4.69, 9.17) is 19.6 Å². The van der Waals surface area contributed by atoms with E-state index in [1.54, 1.807) is 61.4 Å². The first-order chi connectivity index (χ1) is 26.0. The molecule has 55 heavy (non-hydrogen) atoms. The zero-order valence-corrected chi connectivity index (χ0v) is 35.1. The topological polar surface area (TPSA) is 150 Å². The Morgan fingerprint density at radius 2 is 1.64 bits per heavy atom. The van der Waals surface area contributed by atoms with Crippen molar-refractivity contribution in [3.8, 4) is 5.75 Å². The lowest BCUT2D eigenvalue weighted by Crippen LogP contribution is -2.41. The SMILES string of the molecule is COc1cccc(Nc2c(C(N)=O)cnc3c(C)cc(S(=O)(=O)c4cccc(C(=O)N5CCC(OCCCCCCO[Si](C)(C)C(C)(C)C)CC5)c4)cc23)c1. The molecule has 0 bridgehead atoms. The van der Waals surface area contributed by atoms with Gasteiger partial charge in [-0.3, -0.25) is 14.6 Å². The van der Waals surface area contributed by atoms with Gasteiger partial charge in [0.2, 0.25) is 9.84 Å². The number of anilines is 2. The number of methoxy groups -OCH3 is 1. The van der Waals surface area contributed by atoms with Crippen LogP contribution in [0.15, 0.2) is 76.7 Å². The molecule has 1 saturated heterocycles. The third-order valence-electron chi connectivity index (χ3n) is 10.8. The van der Waals surface area contributed by atoms with Gasteiger partial charge in [0.1, 0.15) is 5.75 Å². The lowest BCUT2D eigenvalue weighted by molar-refractivity contribution is 0.00711. The Hall–Kier alpha value is -4.30. The molecule has 0 unspecified atom stereocenters. The number of nitrogens with one attached hydrogen (secondary N) is 1. The lowest BCUT2D eigenvalue weighted by atomic mass is 10.1. The van der Waals surface area contributed by atoms with Crippen molar-refractivity contribution >= 4 is 52.2 Å². The van der Waals surface area contributed by atoms with E-state index in [0.29, 0.717) is 58.9 Å². The number of carbonyl (C=O) groups is 2. The molecule has 11 nitrogen and oxygen atoms in total. The molecule has 1 aliphatic heterocycles. The number of nitrogens with zero attached hydrogens (tertiary/aromatic N) is 2. The largest absolute Gasteiger partial charge is 0.497 e. The average Bonchev–Trinajstić information content (AvgIpc) is 3.15. The van der Waals surface area contributed by atoms with Crippen LogP contribution in [0.2, 0.25) is 18.1 Å². The van der Waals surface area contributed by atoms with Gasteiger partial charge >= 0.3 is 0 Å². The number of pyridine rings is 1. The number of primary amides is 1. The van der Waals surface area contributed by atoms with Crippen molar-refractivity contribution in [2.24, 2.45) is 5.73 Å². The number of rotatable bonds is 16. The molecule has 0 spiro atoms. The number of hydrogen-bond acceptors (Lipinski definition) is 9. The molecule has 3 aromatic carbocycles. The highest BCUT2D eigenvalue weighted by atomic mass is 32.2. The van der Waals surface area contributed by atoms with E-state index in [1.807, 2.05) is 0 Å². The molecule has 1 aromatic heterocycles. The number of piperidine rings is 1. The number of carbonyl (C=O) groups excluding carboxylic acids is 2. The maximum Gasteiger partial charge on any atom is 0.253 e. The summed E-state index contributed by atoms with van der Waals surface area (Å²) in [4.78, 5) is 32.4. The lowest BCUT2D eigenvalue weighted by Gasteiger charge is -2.36. The van der Waals surface area contributed by atoms with Crippen LogP contribution < -0.4 is 15.8 Å². The molecule has 296 valence electrons. The molecular weight excluding hydrogens is 733 g/mol. The van der Waals surface area contributed by atoms with Gasteiger partial charge in [-0.2, -0.15) is 0 Å². The summed E-state index contributed by atoms with van der Waals surface area (Å²) < 4.78 is 46.1. The minimum Gasteiger partial charge on any atom is -0.497 e. The first-order valence-corrected chi connectivity index (χ1v) is 23.4. The molecule has 1 aliphatic rings. The Morgan fingerprint density at radius 1 is 0.945 bits per heavy atom. The second-order valence-electron chi connectivity index (χ2n) is 15.8. The van der Waals surface area contributed by atoms with Crippen LogP contribution in [0.3, 0.4) is 0 Å². The Bertz CT molecular complexity index is 2110. The van der Waals surface area contributed by atoms with Gasteiger partial charge in [0.05, 0.1) is 39.8 Å². The predicted octanol–water partition coefficient (Wildman–Crippen LogP) is 8.43. The summed E-state index contributed by atoms with van der Waals surface area (Å²) in [7, 11) is -4.24. The molecule has 0 saturated carbocycles. The first kappa shape index (κ1) is 41.9. The van der Waals surface area contributed by atoms with Crippen LogP contribution in [0.5, 0.6) is 5.75 Å². The third-order valence-corrected chi connectivity index (χ3v) is 17.1. The van der Waals surface area contributed by atoms with Gasteiger partial charge in [-0.05, 0) is 98.8 Å². The van der Waals surface area contributed by atoms with Crippen molar-refractivity contribution < 1.29 is 31.9 Å². The molecule has 0 aliphatic carbocycles. The summed E-state index contributed by atoms with van der Waals surface area (Å²) in [6, 6.07) is 16.3. The highest BCUT2D eigenvalue weighted by Crippen LogP contribution is 2.37. The van der Waals surface area contributed by atoms with Gasteiger partial charge in [-0.1, -0.05) is 45.7 Å². The monoisotopic (exact) mass is 788 g/mol. The van der Waals surface area contributed by atoms with Crippen molar-refractivity contribution in [2.75, 3.05) is 38.7 Å². The second kappa shape index (κ2) is 17.7. The minimum atomic E-state index is -4.10. The molecule has 2 heterocycles. The Balaban J connectivity index is 1.22. The summed E-state index contributed by atoms with van der Waals surface area (Å²) in [6.07, 6.45) is 7.23. The molecule has 0 radical (unpaired) electrons. The average molecular weight is 789 g/mol. The van der Waals surface area contributed by atoms with E-state index in [9.17, 15) is 18.0 Å². The molecule has 13 heteroatoms. The van der Waals surface area contributed by atoms with Crippen LogP contribution in [0, 0.1) is 6.92 Å². The second-order valence-corrected chi connectivity index (χ2v) is 22.6. The van der Waals surface area contributed by atoms with Gasteiger partial charge in [0.15, 0.2) is 8.32 Å². The summed E-state index contributed by atoms with van der Waals surface area (Å²) in [5.41, 5.74) is 8.17. The standard InChI is InChI=1S/C42H56N4O7SSi/c1-29-24-35(27-36-38(29)44-28-37(40(43)47)39(36)45-31-15-13-16-33(26-31)51-5)54(49,50)34-17-12-14-30(25-34)41(48)46-20-18-32(19-21-46)52-22-10-8-9-11-23-53-55(6,7)42(2,3)4/h12-17,24-28,32H,8-11,18-23H2,1-7H3,(H2,43,47)(H,44,45). The number of hydrogen-bond donors (Lipinski definition) is 2. The maximum absolute atomic E-state index is 14.2. The van der Waals surface area contributed by atoms with Crippen molar-refractivity contribution in [1.29, 1.82) is 0 Å². The molecular formula is C42H56N4O7SSi. The number of benzene rings is 3. The van der Waals surface area contributed by atoms with Crippen molar-refractivity contribution in [3.05, 3.63) is 83.6 Å². The zero-order chi connectivity index (χ0) is 40.0. The van der Waals surface area contributed by atoms with Crippen LogP contribution in [0.25, 0.3) is 10.9 Å². The number of unbranched alkanes of at least 4 members (excludes halogenated alkanes) is 3. The predicted molar refractivity (Wildman–Crippen MR) is 220 cm³/mol. The number of sulfone groups is 1. The molecule has 5 rings (SSSR count). The molecule has 2 amide bonds. The minimum absolute atomic E-state index is 0.00310. The smallest absolute Gasteiger partial charge is 0.253 e. The quantitative estimate of drug-likeness (QED) is 0.0843. The van der Waals surface area contributed by atoms with Crippen molar-refractivity contribution in [1.82, 2.24) is 9.88 Å². The van der Waals surface area contributed by atoms with E-state index in [0.717, 1.165) is 45.1 Å². The van der Waals surface area contributed by atoms with Crippen LogP contribution in [0.4, 0.5) is 11.4 Å². The fraction of sp³-hybridized carbons (Fsp3) is 0.452. The Morgan fingerprint density at radius 3 is 2.31 bits per heavy atom. The van der Waals surface area contributed by atoms with Crippen molar-refractivity contribution in [2.45, 2.75) is 100 Å². The fourth-order valence-electron chi connectivity index (χ4n) is 6.46. The Labute approximate surface area is 327 Å². The summed E-state index contributed by atoms with van der Waals surface area (Å²) in [5.74, 6) is -0.345. The number of fused-ring (bicyclic) bond motifs is 1. The number of ether oxygens (including phenoxy) is 2. The maximum atomic E-state index is 14.2. The number of likely N-dealkylation sites (tertiary alicyclic amines) is 1. The van der Waals surface area contributed by atoms with Crippen LogP contribution in [-0.2, 0) is 19.0 Å². The van der Waals surface area contributed by atoms with Gasteiger partial charge in [0.25, 0.3) is 11.8 Å². The fourth-order valence-corrected chi connectivity index (χ4v) is 8.97. The van der Waals surface area contributed by atoms with Crippen molar-refractivity contribution in [3.63, 3.8) is 0 Å². The number of aryl methyl sites for hydroxylation is 1. The molecule has 1 fully saturated rings. The van der Waals surface area contributed by atoms with Gasteiger partial charge < -0.3 is 29.9 Å². The van der Waals surface area contributed by atoms with Gasteiger partial charge in [-0.25, -0.2) is 8.42 Å². The van der Waals surface area contributed by atoms with E-state index < -0.39 is 24.1 Å². The van der Waals surface area contributed by atoms with Crippen LogP contribution in [-0.4, -0.2) is 78.0 Å². The molecule has 4 aromatic rings. The van der Waals surface area contributed by atoms with Crippen LogP contribution in [0.1, 0.15) is 85.6 Å². The highest BCUT2D eigenvalue weighted by Gasteiger charge is 2.36. The van der Waals surface area contributed by atoms with E-state index in [1.165, 1.54) is 24.4 Å². The van der Waals surface area contributed by atoms with Crippen LogP contribution >= 0.6 is 0 Å². The summed E-state index contributed by atoms with van der Waals surface area (Å²) in [5, 5.41) is 3.87. The van der Waals surface area contributed by atoms with E-state index in [2.05, 4.69) is 44.2 Å². The summed E-state index contributed by atoms with van der Waals surface area (Å²) in [6.45, 7) is 15.7. The number of aromatic nitrogens is 1. The zero-order valence-electron chi connectivity index (χ0n) is 33.2. The Kier molecular flexibility index (Phi) is 13.4. The first-order valence-electron chi connectivity index (χ1n) is 19.1. The molecule has 3 N–H and O–H groups in total. The van der Waals surface area contributed by atoms with E-state index in [-0.39, 0.29) is 32.4 Å².